The van der Waals surface area contributed by atoms with Crippen LogP contribution in [0.1, 0.15) is 23.2 Å². The number of hydrogen-bond donors (Lipinski definition) is 1. The van der Waals surface area contributed by atoms with Crippen LogP contribution in [0.25, 0.3) is 10.9 Å². The van der Waals surface area contributed by atoms with Gasteiger partial charge in [-0.25, -0.2) is 4.39 Å². The van der Waals surface area contributed by atoms with Crippen molar-refractivity contribution < 1.29 is 9.18 Å². The predicted octanol–water partition coefficient (Wildman–Crippen LogP) is 2.51. The Morgan fingerprint density at radius 3 is 3.06 bits per heavy atom. The van der Waals surface area contributed by atoms with Gasteiger partial charge in [0, 0.05) is 18.1 Å². The molecule has 1 amide bonds. The number of rotatable bonds is 3. The molecule has 0 spiro atoms. The van der Waals surface area contributed by atoms with Crippen molar-refractivity contribution in [3.63, 3.8) is 0 Å². The molecule has 3 rings (SSSR count). The zero-order valence-corrected chi connectivity index (χ0v) is 9.82. The van der Waals surface area contributed by atoms with Crippen molar-refractivity contribution in [2.45, 2.75) is 12.8 Å². The molecule has 0 radical (unpaired) electrons. The van der Waals surface area contributed by atoms with E-state index in [4.69, 9.17) is 0 Å². The van der Waals surface area contributed by atoms with E-state index in [2.05, 4.69) is 10.3 Å². The minimum atomic E-state index is -0.363. The highest BCUT2D eigenvalue weighted by molar-refractivity contribution is 5.97. The van der Waals surface area contributed by atoms with Crippen LogP contribution in [0.15, 0.2) is 30.5 Å². The summed E-state index contributed by atoms with van der Waals surface area (Å²) in [7, 11) is 0. The molecule has 1 aliphatic carbocycles. The third-order valence-electron chi connectivity index (χ3n) is 3.17. The molecule has 0 aliphatic heterocycles. The Hall–Kier alpha value is -1.97. The van der Waals surface area contributed by atoms with Crippen LogP contribution in [0.4, 0.5) is 4.39 Å². The molecule has 1 heterocycles. The van der Waals surface area contributed by atoms with Gasteiger partial charge in [-0.05, 0) is 30.9 Å². The van der Waals surface area contributed by atoms with E-state index in [9.17, 15) is 9.18 Å². The molecule has 0 saturated heterocycles. The molecule has 0 bridgehead atoms. The second kappa shape index (κ2) is 4.37. The third kappa shape index (κ3) is 2.18. The van der Waals surface area contributed by atoms with Gasteiger partial charge in [0.15, 0.2) is 0 Å². The minimum absolute atomic E-state index is 0.138. The maximum Gasteiger partial charge on any atom is 0.252 e. The molecule has 1 fully saturated rings. The quantitative estimate of drug-likeness (QED) is 0.901. The molecule has 92 valence electrons. The van der Waals surface area contributed by atoms with E-state index in [1.165, 1.54) is 25.1 Å². The number of amides is 1. The minimum Gasteiger partial charge on any atom is -0.352 e. The summed E-state index contributed by atoms with van der Waals surface area (Å²) in [6, 6.07) is 6.41. The van der Waals surface area contributed by atoms with E-state index in [0.717, 1.165) is 6.54 Å². The number of hydrogen-bond acceptors (Lipinski definition) is 2. The maximum atomic E-state index is 13.4. The average molecular weight is 244 g/mol. The fourth-order valence-corrected chi connectivity index (χ4v) is 1.91. The number of carbonyl (C=O) groups is 1. The van der Waals surface area contributed by atoms with Crippen LogP contribution in [-0.2, 0) is 0 Å². The highest BCUT2D eigenvalue weighted by atomic mass is 19.1. The van der Waals surface area contributed by atoms with Crippen molar-refractivity contribution in [3.8, 4) is 0 Å². The van der Waals surface area contributed by atoms with E-state index < -0.39 is 0 Å². The first-order valence-corrected chi connectivity index (χ1v) is 6.06. The number of aromatic nitrogens is 1. The van der Waals surface area contributed by atoms with Crippen molar-refractivity contribution in [2.24, 2.45) is 5.92 Å². The van der Waals surface area contributed by atoms with Gasteiger partial charge in [0.25, 0.3) is 5.91 Å². The molecule has 18 heavy (non-hydrogen) atoms. The lowest BCUT2D eigenvalue weighted by Crippen LogP contribution is -2.25. The Labute approximate surface area is 104 Å². The number of halogens is 1. The van der Waals surface area contributed by atoms with Gasteiger partial charge < -0.3 is 5.32 Å². The molecule has 1 N–H and O–H groups in total. The lowest BCUT2D eigenvalue weighted by Gasteiger charge is -2.05. The second-order valence-corrected chi connectivity index (χ2v) is 4.69. The second-order valence-electron chi connectivity index (χ2n) is 4.69. The van der Waals surface area contributed by atoms with Crippen molar-refractivity contribution in [2.75, 3.05) is 6.54 Å². The number of carbonyl (C=O) groups excluding carboxylic acids is 1. The first kappa shape index (κ1) is 11.1. The zero-order valence-electron chi connectivity index (χ0n) is 9.82. The van der Waals surface area contributed by atoms with Crippen molar-refractivity contribution in [1.29, 1.82) is 0 Å². The van der Waals surface area contributed by atoms with Gasteiger partial charge in [-0.1, -0.05) is 12.1 Å². The Morgan fingerprint density at radius 2 is 2.28 bits per heavy atom. The van der Waals surface area contributed by atoms with Gasteiger partial charge in [0.2, 0.25) is 0 Å². The molecule has 1 aromatic heterocycles. The molecule has 2 aromatic rings. The zero-order chi connectivity index (χ0) is 12.5. The van der Waals surface area contributed by atoms with Gasteiger partial charge in [-0.2, -0.15) is 0 Å². The topological polar surface area (TPSA) is 42.0 Å². The van der Waals surface area contributed by atoms with E-state index in [1.54, 1.807) is 18.2 Å². The Bertz CT molecular complexity index is 608. The third-order valence-corrected chi connectivity index (χ3v) is 3.17. The van der Waals surface area contributed by atoms with Crippen LogP contribution in [0.3, 0.4) is 0 Å². The highest BCUT2D eigenvalue weighted by Crippen LogP contribution is 2.27. The molecule has 1 saturated carbocycles. The maximum absolute atomic E-state index is 13.4. The van der Waals surface area contributed by atoms with E-state index in [-0.39, 0.29) is 11.7 Å². The van der Waals surface area contributed by atoms with Gasteiger partial charge in [-0.15, -0.1) is 0 Å². The fourth-order valence-electron chi connectivity index (χ4n) is 1.91. The van der Waals surface area contributed by atoms with Gasteiger partial charge in [-0.3, -0.25) is 9.78 Å². The standard InChI is InChI=1S/C14H13FN2O/c15-12-3-1-2-10-6-11(8-16-13(10)12)14(18)17-7-9-4-5-9/h1-3,6,8-9H,4-5,7H2,(H,17,18). The number of fused-ring (bicyclic) bond motifs is 1. The lowest BCUT2D eigenvalue weighted by atomic mass is 10.1. The average Bonchev–Trinajstić information content (AvgIpc) is 3.20. The van der Waals surface area contributed by atoms with Crippen LogP contribution < -0.4 is 5.32 Å². The first-order valence-electron chi connectivity index (χ1n) is 6.06. The monoisotopic (exact) mass is 244 g/mol. The molecule has 4 heteroatoms. The predicted molar refractivity (Wildman–Crippen MR) is 66.8 cm³/mol. The van der Waals surface area contributed by atoms with Crippen LogP contribution in [0.2, 0.25) is 0 Å². The van der Waals surface area contributed by atoms with Crippen molar-refractivity contribution >= 4 is 16.8 Å². The summed E-state index contributed by atoms with van der Waals surface area (Å²) < 4.78 is 13.4. The van der Waals surface area contributed by atoms with Gasteiger partial charge in [0.05, 0.1) is 5.56 Å². The molecular weight excluding hydrogens is 231 g/mol. The molecule has 3 nitrogen and oxygen atoms in total. The number of nitrogens with one attached hydrogen (secondary N) is 1. The Kier molecular flexibility index (Phi) is 2.70. The fraction of sp³-hybridized carbons (Fsp3) is 0.286. The van der Waals surface area contributed by atoms with Crippen LogP contribution in [0.5, 0.6) is 0 Å². The number of benzene rings is 1. The Morgan fingerprint density at radius 1 is 1.44 bits per heavy atom. The largest absolute Gasteiger partial charge is 0.352 e. The molecule has 0 atom stereocenters. The van der Waals surface area contributed by atoms with E-state index in [0.29, 0.717) is 22.4 Å². The highest BCUT2D eigenvalue weighted by Gasteiger charge is 2.22. The molecule has 1 aromatic carbocycles. The normalized spacial score (nSPS) is 14.7. The van der Waals surface area contributed by atoms with Crippen LogP contribution >= 0.6 is 0 Å². The summed E-state index contributed by atoms with van der Waals surface area (Å²) >= 11 is 0. The van der Waals surface area contributed by atoms with Crippen LogP contribution in [-0.4, -0.2) is 17.4 Å². The first-order chi connectivity index (χ1) is 8.74. The summed E-state index contributed by atoms with van der Waals surface area (Å²) in [4.78, 5) is 15.9. The SMILES string of the molecule is O=C(NCC1CC1)c1cnc2c(F)cccc2c1. The molecular formula is C14H13FN2O. The van der Waals surface area contributed by atoms with E-state index in [1.807, 2.05) is 0 Å². The number of pyridine rings is 1. The number of nitrogens with zero attached hydrogens (tertiary/aromatic N) is 1. The molecule has 0 unspecified atom stereocenters. The summed E-state index contributed by atoms with van der Waals surface area (Å²) in [6.45, 7) is 0.722. The van der Waals surface area contributed by atoms with E-state index >= 15 is 0 Å². The van der Waals surface area contributed by atoms with Crippen molar-refractivity contribution in [1.82, 2.24) is 10.3 Å². The van der Waals surface area contributed by atoms with Crippen molar-refractivity contribution in [3.05, 3.63) is 41.8 Å². The summed E-state index contributed by atoms with van der Waals surface area (Å²) in [5.41, 5.74) is 0.782. The Balaban J connectivity index is 1.85. The van der Waals surface area contributed by atoms with Gasteiger partial charge >= 0.3 is 0 Å². The summed E-state index contributed by atoms with van der Waals surface area (Å²) in [6.07, 6.45) is 3.82. The number of para-hydroxylation sites is 1. The van der Waals surface area contributed by atoms with Crippen LogP contribution in [0, 0.1) is 11.7 Å². The van der Waals surface area contributed by atoms with Gasteiger partial charge in [0.1, 0.15) is 11.3 Å². The smallest absolute Gasteiger partial charge is 0.252 e. The summed E-state index contributed by atoms with van der Waals surface area (Å²) in [5.74, 6) is 0.137. The molecule has 1 aliphatic rings. The summed E-state index contributed by atoms with van der Waals surface area (Å²) in [5, 5.41) is 3.51. The lowest BCUT2D eigenvalue weighted by molar-refractivity contribution is 0.0951.